The first-order valence-electron chi connectivity index (χ1n) is 7.03. The van der Waals surface area contributed by atoms with Gasteiger partial charge in [0.05, 0.1) is 6.10 Å². The molecule has 2 rings (SSSR count). The van der Waals surface area contributed by atoms with E-state index in [0.717, 1.165) is 26.0 Å². The van der Waals surface area contributed by atoms with Crippen molar-refractivity contribution in [3.05, 3.63) is 18.2 Å². The van der Waals surface area contributed by atoms with E-state index >= 15 is 0 Å². The van der Waals surface area contributed by atoms with Crippen molar-refractivity contribution in [1.29, 1.82) is 0 Å². The van der Waals surface area contributed by atoms with Crippen molar-refractivity contribution in [2.75, 3.05) is 13.2 Å². The van der Waals surface area contributed by atoms with Gasteiger partial charge >= 0.3 is 0 Å². The molecular formula is C14H25N3O. The first kappa shape index (κ1) is 13.6. The van der Waals surface area contributed by atoms with Gasteiger partial charge in [-0.2, -0.15) is 0 Å². The first-order chi connectivity index (χ1) is 8.72. The van der Waals surface area contributed by atoms with Gasteiger partial charge in [-0.15, -0.1) is 0 Å². The molecular weight excluding hydrogens is 226 g/mol. The summed E-state index contributed by atoms with van der Waals surface area (Å²) in [5.74, 6) is 1.81. The Hall–Kier alpha value is -0.870. The third-order valence-corrected chi connectivity index (χ3v) is 4.02. The van der Waals surface area contributed by atoms with E-state index in [1.54, 1.807) is 0 Å². The zero-order valence-corrected chi connectivity index (χ0v) is 11.7. The number of hydrogen-bond acceptors (Lipinski definition) is 3. The van der Waals surface area contributed by atoms with E-state index in [1.165, 1.54) is 12.2 Å². The molecule has 0 bridgehead atoms. The first-order valence-corrected chi connectivity index (χ1v) is 7.03. The number of imidazole rings is 1. The predicted octanol–water partition coefficient (Wildman–Crippen LogP) is 1.76. The van der Waals surface area contributed by atoms with Crippen LogP contribution in [0.25, 0.3) is 0 Å². The summed E-state index contributed by atoms with van der Waals surface area (Å²) in [6, 6.07) is 0.546. The lowest BCUT2D eigenvalue weighted by Crippen LogP contribution is -2.39. The monoisotopic (exact) mass is 251 g/mol. The smallest absolute Gasteiger partial charge is 0.108 e. The summed E-state index contributed by atoms with van der Waals surface area (Å²) in [4.78, 5) is 4.40. The predicted molar refractivity (Wildman–Crippen MR) is 72.5 cm³/mol. The number of aromatic nitrogens is 2. The molecule has 0 amide bonds. The summed E-state index contributed by atoms with van der Waals surface area (Å²) < 4.78 is 7.80. The van der Waals surface area contributed by atoms with Crippen molar-refractivity contribution in [3.63, 3.8) is 0 Å². The second kappa shape index (κ2) is 6.34. The lowest BCUT2D eigenvalue weighted by Gasteiger charge is -2.26. The molecule has 1 N–H and O–H groups in total. The van der Waals surface area contributed by atoms with Gasteiger partial charge in [-0.1, -0.05) is 6.92 Å². The van der Waals surface area contributed by atoms with Gasteiger partial charge in [-0.05, 0) is 26.3 Å². The van der Waals surface area contributed by atoms with Crippen LogP contribution in [0, 0.1) is 5.92 Å². The Morgan fingerprint density at radius 2 is 2.44 bits per heavy atom. The molecule has 102 valence electrons. The fourth-order valence-corrected chi connectivity index (χ4v) is 2.93. The number of aryl methyl sites for hydroxylation is 2. The lowest BCUT2D eigenvalue weighted by atomic mass is 9.90. The lowest BCUT2D eigenvalue weighted by molar-refractivity contribution is 0.0944. The number of rotatable bonds is 6. The van der Waals surface area contributed by atoms with Gasteiger partial charge in [0.2, 0.25) is 0 Å². The Labute approximate surface area is 110 Å². The summed E-state index contributed by atoms with van der Waals surface area (Å²) in [6.45, 7) is 6.31. The third kappa shape index (κ3) is 3.12. The quantitative estimate of drug-likeness (QED) is 0.837. The number of nitrogens with zero attached hydrogens (tertiary/aromatic N) is 2. The van der Waals surface area contributed by atoms with Crippen LogP contribution in [0.3, 0.4) is 0 Å². The Morgan fingerprint density at radius 3 is 3.00 bits per heavy atom. The minimum Gasteiger partial charge on any atom is -0.378 e. The van der Waals surface area contributed by atoms with Crippen LogP contribution >= 0.6 is 0 Å². The topological polar surface area (TPSA) is 39.1 Å². The van der Waals surface area contributed by atoms with Gasteiger partial charge in [-0.25, -0.2) is 4.98 Å². The molecule has 0 saturated carbocycles. The van der Waals surface area contributed by atoms with Gasteiger partial charge in [0, 0.05) is 44.4 Å². The maximum atomic E-state index is 5.69. The second-order valence-electron chi connectivity index (χ2n) is 5.19. The Balaban J connectivity index is 1.92. The molecule has 4 heteroatoms. The summed E-state index contributed by atoms with van der Waals surface area (Å²) in [5, 5.41) is 3.62. The van der Waals surface area contributed by atoms with E-state index in [1.807, 2.05) is 12.4 Å². The van der Waals surface area contributed by atoms with Crippen molar-refractivity contribution < 1.29 is 4.74 Å². The molecule has 18 heavy (non-hydrogen) atoms. The standard InChI is InChI=1S/C14H25N3O/c1-4-15-13(12-7-10-18-11(12)2)5-6-14-16-8-9-17(14)3/h8-9,11-13,15H,4-7,10H2,1-3H3. The van der Waals surface area contributed by atoms with E-state index in [4.69, 9.17) is 4.74 Å². The van der Waals surface area contributed by atoms with Crippen molar-refractivity contribution >= 4 is 0 Å². The third-order valence-electron chi connectivity index (χ3n) is 4.02. The Bertz CT molecular complexity index is 364. The molecule has 1 aliphatic heterocycles. The number of ether oxygens (including phenoxy) is 1. The molecule has 0 spiro atoms. The Kier molecular flexibility index (Phi) is 4.78. The van der Waals surface area contributed by atoms with Gasteiger partial charge in [0.1, 0.15) is 5.82 Å². The molecule has 1 aliphatic rings. The molecule has 1 aromatic heterocycles. The van der Waals surface area contributed by atoms with E-state index < -0.39 is 0 Å². The maximum absolute atomic E-state index is 5.69. The maximum Gasteiger partial charge on any atom is 0.108 e. The molecule has 1 saturated heterocycles. The highest BCUT2D eigenvalue weighted by molar-refractivity contribution is 4.94. The van der Waals surface area contributed by atoms with Crippen LogP contribution in [0.1, 0.15) is 32.5 Å². The summed E-state index contributed by atoms with van der Waals surface area (Å²) in [6.07, 6.45) is 7.62. The fraction of sp³-hybridized carbons (Fsp3) is 0.786. The van der Waals surface area contributed by atoms with Crippen LogP contribution < -0.4 is 5.32 Å². The number of nitrogens with one attached hydrogen (secondary N) is 1. The fourth-order valence-electron chi connectivity index (χ4n) is 2.93. The molecule has 0 aromatic carbocycles. The minimum absolute atomic E-state index is 0.385. The molecule has 2 heterocycles. The molecule has 4 nitrogen and oxygen atoms in total. The van der Waals surface area contributed by atoms with Gasteiger partial charge in [0.25, 0.3) is 0 Å². The van der Waals surface area contributed by atoms with Gasteiger partial charge in [-0.3, -0.25) is 0 Å². The van der Waals surface area contributed by atoms with Crippen molar-refractivity contribution in [2.24, 2.45) is 13.0 Å². The normalized spacial score (nSPS) is 25.5. The van der Waals surface area contributed by atoms with E-state index in [-0.39, 0.29) is 0 Å². The average Bonchev–Trinajstić information content (AvgIpc) is 2.94. The zero-order valence-electron chi connectivity index (χ0n) is 11.7. The SMILES string of the molecule is CCNC(CCc1nccn1C)C1CCOC1C. The molecule has 3 atom stereocenters. The van der Waals surface area contributed by atoms with Crippen molar-refractivity contribution in [3.8, 4) is 0 Å². The molecule has 1 aromatic rings. The van der Waals surface area contributed by atoms with Crippen LogP contribution in [-0.2, 0) is 18.2 Å². The molecule has 0 aliphatic carbocycles. The zero-order chi connectivity index (χ0) is 13.0. The van der Waals surface area contributed by atoms with Crippen LogP contribution in [0.4, 0.5) is 0 Å². The Morgan fingerprint density at radius 1 is 1.61 bits per heavy atom. The minimum atomic E-state index is 0.385. The van der Waals surface area contributed by atoms with Crippen molar-refractivity contribution in [2.45, 2.75) is 45.3 Å². The number of hydrogen-bond donors (Lipinski definition) is 1. The molecule has 0 radical (unpaired) electrons. The summed E-state index contributed by atoms with van der Waals surface area (Å²) in [7, 11) is 2.06. The van der Waals surface area contributed by atoms with E-state index in [9.17, 15) is 0 Å². The average molecular weight is 251 g/mol. The highest BCUT2D eigenvalue weighted by Crippen LogP contribution is 2.26. The van der Waals surface area contributed by atoms with Crippen LogP contribution in [0.15, 0.2) is 12.4 Å². The summed E-state index contributed by atoms with van der Waals surface area (Å²) in [5.41, 5.74) is 0. The van der Waals surface area contributed by atoms with Crippen LogP contribution in [0.5, 0.6) is 0 Å². The highest BCUT2D eigenvalue weighted by Gasteiger charge is 2.31. The van der Waals surface area contributed by atoms with Crippen LogP contribution in [-0.4, -0.2) is 34.8 Å². The summed E-state index contributed by atoms with van der Waals surface area (Å²) >= 11 is 0. The molecule has 1 fully saturated rings. The largest absolute Gasteiger partial charge is 0.378 e. The van der Waals surface area contributed by atoms with E-state index in [2.05, 4.69) is 35.8 Å². The van der Waals surface area contributed by atoms with Gasteiger partial charge in [0.15, 0.2) is 0 Å². The second-order valence-corrected chi connectivity index (χ2v) is 5.19. The highest BCUT2D eigenvalue weighted by atomic mass is 16.5. The molecule has 3 unspecified atom stereocenters. The van der Waals surface area contributed by atoms with Crippen LogP contribution in [0.2, 0.25) is 0 Å². The van der Waals surface area contributed by atoms with Gasteiger partial charge < -0.3 is 14.6 Å². The van der Waals surface area contributed by atoms with E-state index in [0.29, 0.717) is 18.1 Å². The van der Waals surface area contributed by atoms with Crippen molar-refractivity contribution in [1.82, 2.24) is 14.9 Å².